The second-order valence-corrected chi connectivity index (χ2v) is 5.65. The summed E-state index contributed by atoms with van der Waals surface area (Å²) in [7, 11) is 0. The predicted molar refractivity (Wildman–Crippen MR) is 76.8 cm³/mol. The highest BCUT2D eigenvalue weighted by atomic mass is 32.1. The van der Waals surface area contributed by atoms with Gasteiger partial charge in [0.05, 0.1) is 11.3 Å². The molecule has 0 aliphatic carbocycles. The number of nitrogens with two attached hydrogens (primary N) is 1. The van der Waals surface area contributed by atoms with Crippen LogP contribution in [0, 0.1) is 0 Å². The zero-order chi connectivity index (χ0) is 13.2. The minimum atomic E-state index is -0.0727. The molecule has 18 heavy (non-hydrogen) atoms. The first-order chi connectivity index (χ1) is 8.46. The highest BCUT2D eigenvalue weighted by Gasteiger charge is 2.28. The van der Waals surface area contributed by atoms with Gasteiger partial charge in [0.15, 0.2) is 0 Å². The van der Waals surface area contributed by atoms with Crippen molar-refractivity contribution in [3.63, 3.8) is 0 Å². The van der Waals surface area contributed by atoms with Gasteiger partial charge in [-0.25, -0.2) is 4.98 Å². The van der Waals surface area contributed by atoms with Gasteiger partial charge in [-0.15, -0.1) is 0 Å². The smallest absolute Gasteiger partial charge is 0.126 e. The van der Waals surface area contributed by atoms with E-state index >= 15 is 0 Å². The fourth-order valence-electron chi connectivity index (χ4n) is 2.22. The zero-order valence-corrected chi connectivity index (χ0v) is 11.6. The monoisotopic (exact) mass is 265 g/mol. The van der Waals surface area contributed by atoms with E-state index in [2.05, 4.69) is 24.1 Å². The second-order valence-electron chi connectivity index (χ2n) is 5.21. The van der Waals surface area contributed by atoms with Gasteiger partial charge in [0, 0.05) is 12.6 Å². The summed E-state index contributed by atoms with van der Waals surface area (Å²) in [6, 6.07) is 6.04. The average molecular weight is 265 g/mol. The number of nitrogens with zero attached hydrogens (tertiary/aromatic N) is 1. The number of hydrogen-bond acceptors (Lipinski definition) is 4. The molecular weight excluding hydrogens is 246 g/mol. The molecule has 1 aliphatic heterocycles. The Labute approximate surface area is 113 Å². The van der Waals surface area contributed by atoms with Gasteiger partial charge in [0.1, 0.15) is 10.8 Å². The molecule has 98 valence electrons. The Bertz CT molecular complexity index is 448. The maximum Gasteiger partial charge on any atom is 0.126 e. The molecule has 0 radical (unpaired) electrons. The molecule has 1 atom stereocenters. The highest BCUT2D eigenvalue weighted by Crippen LogP contribution is 2.25. The standard InChI is InChI=1S/C13H19N3OS/c1-13(2)8-9(6-7-17-13)15-11-5-3-4-10(16-11)12(14)18/h3-5,9H,6-8H2,1-2H3,(H2,14,18)(H,15,16). The van der Waals surface area contributed by atoms with Gasteiger partial charge in [-0.1, -0.05) is 18.3 Å². The van der Waals surface area contributed by atoms with Crippen LogP contribution in [0.5, 0.6) is 0 Å². The van der Waals surface area contributed by atoms with Crippen LogP contribution in [0.3, 0.4) is 0 Å². The summed E-state index contributed by atoms with van der Waals surface area (Å²) in [5.41, 5.74) is 6.16. The minimum Gasteiger partial charge on any atom is -0.388 e. The van der Waals surface area contributed by atoms with Crippen LogP contribution >= 0.6 is 12.2 Å². The van der Waals surface area contributed by atoms with E-state index in [1.165, 1.54) is 0 Å². The summed E-state index contributed by atoms with van der Waals surface area (Å²) in [5, 5.41) is 3.43. The van der Waals surface area contributed by atoms with Crippen LogP contribution < -0.4 is 11.1 Å². The molecule has 2 heterocycles. The molecular formula is C13H19N3OS. The Morgan fingerprint density at radius 1 is 1.56 bits per heavy atom. The third-order valence-corrected chi connectivity index (χ3v) is 3.26. The van der Waals surface area contributed by atoms with Crippen LogP contribution in [0.25, 0.3) is 0 Å². The number of aromatic nitrogens is 1. The third kappa shape index (κ3) is 3.40. The first-order valence-electron chi connectivity index (χ1n) is 6.14. The van der Waals surface area contributed by atoms with Gasteiger partial charge in [-0.2, -0.15) is 0 Å². The van der Waals surface area contributed by atoms with Crippen LogP contribution in [0.2, 0.25) is 0 Å². The maximum atomic E-state index is 5.69. The van der Waals surface area contributed by atoms with Crippen molar-refractivity contribution >= 4 is 23.0 Å². The summed E-state index contributed by atoms with van der Waals surface area (Å²) in [4.78, 5) is 4.72. The number of anilines is 1. The number of nitrogens with one attached hydrogen (secondary N) is 1. The van der Waals surface area contributed by atoms with Crippen LogP contribution in [-0.2, 0) is 4.74 Å². The predicted octanol–water partition coefficient (Wildman–Crippen LogP) is 2.09. The van der Waals surface area contributed by atoms with Crippen molar-refractivity contribution in [2.45, 2.75) is 38.3 Å². The zero-order valence-electron chi connectivity index (χ0n) is 10.8. The van der Waals surface area contributed by atoms with Crippen molar-refractivity contribution in [1.29, 1.82) is 0 Å². The second kappa shape index (κ2) is 5.20. The van der Waals surface area contributed by atoms with Gasteiger partial charge < -0.3 is 15.8 Å². The van der Waals surface area contributed by atoms with E-state index in [-0.39, 0.29) is 5.60 Å². The molecule has 1 aromatic heterocycles. The molecule has 5 heteroatoms. The first-order valence-corrected chi connectivity index (χ1v) is 6.54. The van der Waals surface area contributed by atoms with Gasteiger partial charge in [0.2, 0.25) is 0 Å². The molecule has 1 saturated heterocycles. The lowest BCUT2D eigenvalue weighted by Crippen LogP contribution is -2.40. The minimum absolute atomic E-state index is 0.0727. The number of rotatable bonds is 3. The van der Waals surface area contributed by atoms with Crippen LogP contribution in [0.4, 0.5) is 5.82 Å². The summed E-state index contributed by atoms with van der Waals surface area (Å²) in [5.74, 6) is 0.822. The Hall–Kier alpha value is -1.20. The fourth-order valence-corrected chi connectivity index (χ4v) is 2.33. The van der Waals surface area contributed by atoms with Crippen LogP contribution in [0.1, 0.15) is 32.4 Å². The van der Waals surface area contributed by atoms with E-state index in [4.69, 9.17) is 22.7 Å². The lowest BCUT2D eigenvalue weighted by Gasteiger charge is -2.36. The van der Waals surface area contributed by atoms with E-state index in [9.17, 15) is 0 Å². The van der Waals surface area contributed by atoms with Gasteiger partial charge in [-0.3, -0.25) is 0 Å². The van der Waals surface area contributed by atoms with Crippen molar-refractivity contribution in [3.8, 4) is 0 Å². The van der Waals surface area contributed by atoms with Crippen LogP contribution in [0.15, 0.2) is 18.2 Å². The van der Waals surface area contributed by atoms with Crippen molar-refractivity contribution in [2.24, 2.45) is 5.73 Å². The van der Waals surface area contributed by atoms with Crippen molar-refractivity contribution in [2.75, 3.05) is 11.9 Å². The Morgan fingerprint density at radius 3 is 3.00 bits per heavy atom. The topological polar surface area (TPSA) is 60.2 Å². The third-order valence-electron chi connectivity index (χ3n) is 3.05. The lowest BCUT2D eigenvalue weighted by molar-refractivity contribution is -0.0553. The molecule has 1 aromatic rings. The molecule has 2 rings (SSSR count). The summed E-state index contributed by atoms with van der Waals surface area (Å²) < 4.78 is 5.69. The SMILES string of the molecule is CC1(C)CC(Nc2cccc(C(N)=S)n2)CCO1. The normalized spacial score (nSPS) is 22.4. The van der Waals surface area contributed by atoms with Crippen LogP contribution in [-0.4, -0.2) is 28.2 Å². The highest BCUT2D eigenvalue weighted by molar-refractivity contribution is 7.80. The molecule has 1 aliphatic rings. The number of pyridine rings is 1. The Balaban J connectivity index is 2.05. The van der Waals surface area contributed by atoms with Gasteiger partial charge in [-0.05, 0) is 38.8 Å². The molecule has 0 amide bonds. The van der Waals surface area contributed by atoms with E-state index < -0.39 is 0 Å². The quantitative estimate of drug-likeness (QED) is 0.819. The molecule has 3 N–H and O–H groups in total. The van der Waals surface area contributed by atoms with Crippen molar-refractivity contribution in [3.05, 3.63) is 23.9 Å². The number of ether oxygens (including phenoxy) is 1. The molecule has 0 aromatic carbocycles. The summed E-state index contributed by atoms with van der Waals surface area (Å²) in [6.07, 6.45) is 1.95. The van der Waals surface area contributed by atoms with Gasteiger partial charge in [0.25, 0.3) is 0 Å². The lowest BCUT2D eigenvalue weighted by atomic mass is 9.94. The van der Waals surface area contributed by atoms with Crippen molar-refractivity contribution in [1.82, 2.24) is 4.98 Å². The largest absolute Gasteiger partial charge is 0.388 e. The summed E-state index contributed by atoms with van der Waals surface area (Å²) >= 11 is 4.93. The molecule has 1 unspecified atom stereocenters. The van der Waals surface area contributed by atoms with E-state index in [0.717, 1.165) is 25.3 Å². The van der Waals surface area contributed by atoms with E-state index in [1.54, 1.807) is 0 Å². The van der Waals surface area contributed by atoms with Gasteiger partial charge >= 0.3 is 0 Å². The summed E-state index contributed by atoms with van der Waals surface area (Å²) in [6.45, 7) is 5.00. The molecule has 4 nitrogen and oxygen atoms in total. The van der Waals surface area contributed by atoms with Crippen molar-refractivity contribution < 1.29 is 4.74 Å². The number of thiocarbonyl (C=S) groups is 1. The number of hydrogen-bond donors (Lipinski definition) is 2. The van der Waals surface area contributed by atoms with E-state index in [0.29, 0.717) is 16.7 Å². The average Bonchev–Trinajstić information content (AvgIpc) is 2.28. The molecule has 0 bridgehead atoms. The molecule has 1 fully saturated rings. The fraction of sp³-hybridized carbons (Fsp3) is 0.538. The maximum absolute atomic E-state index is 5.69. The Kier molecular flexibility index (Phi) is 3.82. The van der Waals surface area contributed by atoms with E-state index in [1.807, 2.05) is 18.2 Å². The first kappa shape index (κ1) is 13.2. The molecule has 0 spiro atoms. The molecule has 0 saturated carbocycles. The Morgan fingerprint density at radius 2 is 2.33 bits per heavy atom.